The number of hydrogen-bond donors (Lipinski definition) is 1. The van der Waals surface area contributed by atoms with E-state index in [4.69, 9.17) is 27.9 Å². The molecule has 106 valence electrons. The predicted octanol–water partition coefficient (Wildman–Crippen LogP) is 5.39. The summed E-state index contributed by atoms with van der Waals surface area (Å²) in [5.41, 5.74) is 1.65. The van der Waals surface area contributed by atoms with Crippen LogP contribution in [0, 0.1) is 0 Å². The third kappa shape index (κ3) is 3.89. The average Bonchev–Trinajstić information content (AvgIpc) is 2.41. The second kappa shape index (κ2) is 6.81. The van der Waals surface area contributed by atoms with Crippen LogP contribution in [0.2, 0.25) is 10.0 Å². The van der Waals surface area contributed by atoms with Crippen LogP contribution in [0.3, 0.4) is 0 Å². The molecule has 0 saturated carbocycles. The van der Waals surface area contributed by atoms with Gasteiger partial charge in [0, 0.05) is 10.0 Å². The second-order valence-corrected chi connectivity index (χ2v) is 6.13. The standard InChI is InChI=1S/C15H13BrCl2O2/c1-9(19)12-7-11(16)3-5-15(12)20-8-10-2-4-13(17)14(18)6-10/h2-7,9,19H,8H2,1H3/t9-/m1/s1. The number of aliphatic hydroxyl groups excluding tert-OH is 1. The minimum absolute atomic E-state index is 0.359. The van der Waals surface area contributed by atoms with Crippen LogP contribution in [0.1, 0.15) is 24.2 Å². The van der Waals surface area contributed by atoms with E-state index in [2.05, 4.69) is 15.9 Å². The maximum Gasteiger partial charge on any atom is 0.125 e. The van der Waals surface area contributed by atoms with E-state index in [1.54, 1.807) is 19.1 Å². The molecule has 5 heteroatoms. The Morgan fingerprint density at radius 2 is 1.90 bits per heavy atom. The number of aliphatic hydroxyl groups is 1. The van der Waals surface area contributed by atoms with Gasteiger partial charge in [0.2, 0.25) is 0 Å². The van der Waals surface area contributed by atoms with E-state index < -0.39 is 6.10 Å². The van der Waals surface area contributed by atoms with Crippen LogP contribution in [0.4, 0.5) is 0 Å². The van der Waals surface area contributed by atoms with Crippen LogP contribution in [0.25, 0.3) is 0 Å². The lowest BCUT2D eigenvalue weighted by molar-refractivity contribution is 0.190. The summed E-state index contributed by atoms with van der Waals surface area (Å²) in [5, 5.41) is 10.8. The highest BCUT2D eigenvalue weighted by Crippen LogP contribution is 2.29. The van der Waals surface area contributed by atoms with Crippen molar-refractivity contribution in [1.82, 2.24) is 0 Å². The minimum Gasteiger partial charge on any atom is -0.489 e. The Balaban J connectivity index is 2.16. The fourth-order valence-electron chi connectivity index (χ4n) is 1.77. The van der Waals surface area contributed by atoms with Gasteiger partial charge < -0.3 is 9.84 Å². The molecule has 0 unspecified atom stereocenters. The summed E-state index contributed by atoms with van der Waals surface area (Å²) in [6, 6.07) is 10.9. The van der Waals surface area contributed by atoms with Gasteiger partial charge in [-0.1, -0.05) is 45.2 Å². The van der Waals surface area contributed by atoms with E-state index in [1.165, 1.54) is 0 Å². The molecule has 0 bridgehead atoms. The van der Waals surface area contributed by atoms with Gasteiger partial charge in [-0.3, -0.25) is 0 Å². The lowest BCUT2D eigenvalue weighted by Gasteiger charge is -2.14. The Bertz CT molecular complexity index is 615. The SMILES string of the molecule is C[C@@H](O)c1cc(Br)ccc1OCc1ccc(Cl)c(Cl)c1. The van der Waals surface area contributed by atoms with Gasteiger partial charge in [0.15, 0.2) is 0 Å². The van der Waals surface area contributed by atoms with Crippen LogP contribution in [-0.4, -0.2) is 5.11 Å². The Labute approximate surface area is 136 Å². The first-order valence-electron chi connectivity index (χ1n) is 6.01. The lowest BCUT2D eigenvalue weighted by Crippen LogP contribution is -2.01. The highest BCUT2D eigenvalue weighted by Gasteiger charge is 2.10. The van der Waals surface area contributed by atoms with E-state index >= 15 is 0 Å². The number of ether oxygens (including phenoxy) is 1. The molecule has 0 radical (unpaired) electrons. The highest BCUT2D eigenvalue weighted by atomic mass is 79.9. The zero-order valence-electron chi connectivity index (χ0n) is 10.7. The smallest absolute Gasteiger partial charge is 0.125 e. The minimum atomic E-state index is -0.601. The van der Waals surface area contributed by atoms with Gasteiger partial charge >= 0.3 is 0 Å². The first-order valence-corrected chi connectivity index (χ1v) is 7.56. The summed E-state index contributed by atoms with van der Waals surface area (Å²) in [6.45, 7) is 2.06. The van der Waals surface area contributed by atoms with Crippen molar-refractivity contribution in [3.63, 3.8) is 0 Å². The molecule has 20 heavy (non-hydrogen) atoms. The second-order valence-electron chi connectivity index (χ2n) is 4.40. The first-order chi connectivity index (χ1) is 9.47. The molecular formula is C15H13BrCl2O2. The van der Waals surface area contributed by atoms with Gasteiger partial charge in [0.05, 0.1) is 16.1 Å². The fraction of sp³-hybridized carbons (Fsp3) is 0.200. The Hall–Kier alpha value is -0.740. The van der Waals surface area contributed by atoms with Crippen molar-refractivity contribution in [2.24, 2.45) is 0 Å². The molecule has 0 heterocycles. The molecule has 0 spiro atoms. The van der Waals surface area contributed by atoms with Crippen molar-refractivity contribution < 1.29 is 9.84 Å². The molecule has 0 aliphatic carbocycles. The van der Waals surface area contributed by atoms with Gasteiger partial charge in [-0.2, -0.15) is 0 Å². The molecule has 2 aromatic carbocycles. The summed E-state index contributed by atoms with van der Waals surface area (Å²) in [5.74, 6) is 0.647. The Kier molecular flexibility index (Phi) is 5.33. The zero-order valence-corrected chi connectivity index (χ0v) is 13.8. The monoisotopic (exact) mass is 374 g/mol. The van der Waals surface area contributed by atoms with Crippen LogP contribution in [0.5, 0.6) is 5.75 Å². The van der Waals surface area contributed by atoms with Crippen molar-refractivity contribution >= 4 is 39.1 Å². The number of hydrogen-bond acceptors (Lipinski definition) is 2. The van der Waals surface area contributed by atoms with Gasteiger partial charge in [-0.15, -0.1) is 0 Å². The molecule has 1 atom stereocenters. The van der Waals surface area contributed by atoms with Crippen molar-refractivity contribution in [3.05, 3.63) is 62.0 Å². The van der Waals surface area contributed by atoms with E-state index in [1.807, 2.05) is 24.3 Å². The molecule has 0 aromatic heterocycles. The maximum absolute atomic E-state index is 9.77. The van der Waals surface area contributed by atoms with Crippen molar-refractivity contribution in [2.45, 2.75) is 19.6 Å². The van der Waals surface area contributed by atoms with E-state index in [9.17, 15) is 5.11 Å². The molecule has 2 rings (SSSR count). The average molecular weight is 376 g/mol. The molecule has 0 aliphatic heterocycles. The van der Waals surface area contributed by atoms with E-state index in [0.717, 1.165) is 15.6 Å². The third-order valence-electron chi connectivity index (χ3n) is 2.80. The predicted molar refractivity (Wildman–Crippen MR) is 85.6 cm³/mol. The Morgan fingerprint density at radius 3 is 2.55 bits per heavy atom. The van der Waals surface area contributed by atoms with Gasteiger partial charge in [-0.05, 0) is 42.8 Å². The highest BCUT2D eigenvalue weighted by molar-refractivity contribution is 9.10. The first kappa shape index (κ1) is 15.6. The number of halogens is 3. The lowest BCUT2D eigenvalue weighted by atomic mass is 10.1. The summed E-state index contributed by atoms with van der Waals surface area (Å²) < 4.78 is 6.65. The molecule has 0 fully saturated rings. The van der Waals surface area contributed by atoms with E-state index in [-0.39, 0.29) is 0 Å². The topological polar surface area (TPSA) is 29.5 Å². The number of rotatable bonds is 4. The quantitative estimate of drug-likeness (QED) is 0.776. The van der Waals surface area contributed by atoms with Gasteiger partial charge in [0.1, 0.15) is 12.4 Å². The summed E-state index contributed by atoms with van der Waals surface area (Å²) in [6.07, 6.45) is -0.601. The largest absolute Gasteiger partial charge is 0.489 e. The zero-order chi connectivity index (χ0) is 14.7. The van der Waals surface area contributed by atoms with Crippen molar-refractivity contribution in [3.8, 4) is 5.75 Å². The summed E-state index contributed by atoms with van der Waals surface area (Å²) in [4.78, 5) is 0. The van der Waals surface area contributed by atoms with Crippen molar-refractivity contribution in [1.29, 1.82) is 0 Å². The van der Waals surface area contributed by atoms with Crippen LogP contribution in [0.15, 0.2) is 40.9 Å². The van der Waals surface area contributed by atoms with Crippen LogP contribution < -0.4 is 4.74 Å². The molecule has 0 amide bonds. The van der Waals surface area contributed by atoms with Crippen LogP contribution >= 0.6 is 39.1 Å². The van der Waals surface area contributed by atoms with Gasteiger partial charge in [0.25, 0.3) is 0 Å². The van der Waals surface area contributed by atoms with Crippen molar-refractivity contribution in [2.75, 3.05) is 0 Å². The molecule has 1 N–H and O–H groups in total. The molecule has 0 aliphatic rings. The normalized spacial score (nSPS) is 12.2. The number of benzene rings is 2. The molecule has 0 saturated heterocycles. The van der Waals surface area contributed by atoms with Gasteiger partial charge in [-0.25, -0.2) is 0 Å². The molecule has 2 aromatic rings. The summed E-state index contributed by atoms with van der Waals surface area (Å²) >= 11 is 15.2. The molecule has 2 nitrogen and oxygen atoms in total. The molecular weight excluding hydrogens is 363 g/mol. The maximum atomic E-state index is 9.77. The third-order valence-corrected chi connectivity index (χ3v) is 4.03. The Morgan fingerprint density at radius 1 is 1.15 bits per heavy atom. The fourth-order valence-corrected chi connectivity index (χ4v) is 2.47. The van der Waals surface area contributed by atoms with E-state index in [0.29, 0.717) is 22.4 Å². The van der Waals surface area contributed by atoms with Crippen LogP contribution in [-0.2, 0) is 6.61 Å². The summed E-state index contributed by atoms with van der Waals surface area (Å²) in [7, 11) is 0.